The van der Waals surface area contributed by atoms with Gasteiger partial charge < -0.3 is 15.0 Å². The molecule has 5 heteroatoms. The lowest BCUT2D eigenvalue weighted by atomic mass is 10.1. The Kier molecular flexibility index (Phi) is 7.12. The molecule has 0 saturated carbocycles. The van der Waals surface area contributed by atoms with Crippen LogP contribution in [0.25, 0.3) is 0 Å². The molecule has 0 bridgehead atoms. The van der Waals surface area contributed by atoms with E-state index in [0.717, 1.165) is 71.3 Å². The predicted octanol–water partition coefficient (Wildman–Crippen LogP) is 1.99. The smallest absolute Gasteiger partial charge is 0.193 e. The van der Waals surface area contributed by atoms with Gasteiger partial charge >= 0.3 is 0 Å². The number of likely N-dealkylation sites (tertiary alicyclic amines) is 1. The highest BCUT2D eigenvalue weighted by atomic mass is 16.5. The first-order valence-electron chi connectivity index (χ1n) is 9.76. The number of benzene rings is 1. The molecule has 138 valence electrons. The van der Waals surface area contributed by atoms with Crippen molar-refractivity contribution in [2.24, 2.45) is 4.99 Å². The lowest BCUT2D eigenvalue weighted by molar-refractivity contribution is 0.0195. The van der Waals surface area contributed by atoms with Crippen LogP contribution in [0.3, 0.4) is 0 Å². The first-order chi connectivity index (χ1) is 12.4. The first-order valence-corrected chi connectivity index (χ1v) is 9.76. The standard InChI is InChI=1S/C20H32N4O/c1-2-21-20(22-11-6-9-18-7-4-3-5-8-18)24-12-10-19(17-24)23-13-15-25-16-14-23/h3-5,7-8,19H,2,6,9-17H2,1H3,(H,21,22). The SMILES string of the molecule is CCNC(=NCCCc1ccccc1)N1CCC(N2CCOCC2)C1. The second-order valence-corrected chi connectivity index (χ2v) is 6.86. The number of nitrogens with zero attached hydrogens (tertiary/aromatic N) is 3. The molecule has 1 aromatic carbocycles. The van der Waals surface area contributed by atoms with E-state index < -0.39 is 0 Å². The summed E-state index contributed by atoms with van der Waals surface area (Å²) in [6.07, 6.45) is 3.42. The van der Waals surface area contributed by atoms with E-state index >= 15 is 0 Å². The summed E-state index contributed by atoms with van der Waals surface area (Å²) in [5.41, 5.74) is 1.40. The van der Waals surface area contributed by atoms with Crippen molar-refractivity contribution >= 4 is 5.96 Å². The van der Waals surface area contributed by atoms with Gasteiger partial charge in [-0.05, 0) is 31.7 Å². The van der Waals surface area contributed by atoms with Crippen LogP contribution in [0.15, 0.2) is 35.3 Å². The molecule has 2 saturated heterocycles. The summed E-state index contributed by atoms with van der Waals surface area (Å²) in [4.78, 5) is 9.90. The van der Waals surface area contributed by atoms with Gasteiger partial charge in [0.1, 0.15) is 0 Å². The lowest BCUT2D eigenvalue weighted by Gasteiger charge is -2.32. The molecule has 3 rings (SSSR count). The molecule has 2 heterocycles. The normalized spacial score (nSPS) is 22.4. The van der Waals surface area contributed by atoms with Crippen molar-refractivity contribution in [2.75, 3.05) is 52.5 Å². The predicted molar refractivity (Wildman–Crippen MR) is 103 cm³/mol. The second kappa shape index (κ2) is 9.78. The van der Waals surface area contributed by atoms with E-state index in [1.54, 1.807) is 0 Å². The third-order valence-corrected chi connectivity index (χ3v) is 5.09. The molecule has 0 radical (unpaired) electrons. The minimum absolute atomic E-state index is 0.650. The van der Waals surface area contributed by atoms with Crippen molar-refractivity contribution in [3.63, 3.8) is 0 Å². The number of hydrogen-bond acceptors (Lipinski definition) is 3. The molecule has 2 aliphatic rings. The zero-order valence-electron chi connectivity index (χ0n) is 15.5. The minimum Gasteiger partial charge on any atom is -0.379 e. The van der Waals surface area contributed by atoms with Crippen LogP contribution in [0.5, 0.6) is 0 Å². The summed E-state index contributed by atoms with van der Waals surface area (Å²) < 4.78 is 5.48. The molecular weight excluding hydrogens is 312 g/mol. The highest BCUT2D eigenvalue weighted by Crippen LogP contribution is 2.17. The topological polar surface area (TPSA) is 40.1 Å². The maximum absolute atomic E-state index is 5.48. The van der Waals surface area contributed by atoms with E-state index in [9.17, 15) is 0 Å². The van der Waals surface area contributed by atoms with E-state index in [0.29, 0.717) is 6.04 Å². The summed E-state index contributed by atoms with van der Waals surface area (Å²) in [6, 6.07) is 11.3. The third-order valence-electron chi connectivity index (χ3n) is 5.09. The number of ether oxygens (including phenoxy) is 1. The molecule has 1 atom stereocenters. The zero-order chi connectivity index (χ0) is 17.3. The fourth-order valence-electron chi connectivity index (χ4n) is 3.71. The molecule has 2 aliphatic heterocycles. The van der Waals surface area contributed by atoms with E-state index in [-0.39, 0.29) is 0 Å². The number of guanidine groups is 1. The molecule has 0 aliphatic carbocycles. The first kappa shape index (κ1) is 18.2. The molecular formula is C20H32N4O. The number of rotatable bonds is 6. The largest absolute Gasteiger partial charge is 0.379 e. The maximum Gasteiger partial charge on any atom is 0.193 e. The Morgan fingerprint density at radius 2 is 2.00 bits per heavy atom. The van der Waals surface area contributed by atoms with E-state index in [4.69, 9.17) is 9.73 Å². The van der Waals surface area contributed by atoms with E-state index in [2.05, 4.69) is 52.4 Å². The second-order valence-electron chi connectivity index (χ2n) is 6.86. The molecule has 1 aromatic rings. The number of aryl methyl sites for hydroxylation is 1. The lowest BCUT2D eigenvalue weighted by Crippen LogP contribution is -2.46. The summed E-state index contributed by atoms with van der Waals surface area (Å²) in [5, 5.41) is 3.48. The Hall–Kier alpha value is -1.59. The van der Waals surface area contributed by atoms with Crippen LogP contribution in [0.4, 0.5) is 0 Å². The maximum atomic E-state index is 5.48. The van der Waals surface area contributed by atoms with Crippen LogP contribution < -0.4 is 5.32 Å². The highest BCUT2D eigenvalue weighted by molar-refractivity contribution is 5.80. The molecule has 25 heavy (non-hydrogen) atoms. The van der Waals surface area contributed by atoms with Crippen molar-refractivity contribution in [2.45, 2.75) is 32.2 Å². The van der Waals surface area contributed by atoms with Crippen LogP contribution >= 0.6 is 0 Å². The van der Waals surface area contributed by atoms with Gasteiger partial charge in [0, 0.05) is 45.3 Å². The summed E-state index contributed by atoms with van der Waals surface area (Å²) >= 11 is 0. The van der Waals surface area contributed by atoms with Crippen molar-refractivity contribution in [1.29, 1.82) is 0 Å². The number of hydrogen-bond donors (Lipinski definition) is 1. The average molecular weight is 345 g/mol. The Morgan fingerprint density at radius 1 is 1.20 bits per heavy atom. The monoisotopic (exact) mass is 344 g/mol. The average Bonchev–Trinajstić information content (AvgIpc) is 3.16. The molecule has 1 N–H and O–H groups in total. The van der Waals surface area contributed by atoms with Gasteiger partial charge in [0.15, 0.2) is 5.96 Å². The molecule has 0 spiro atoms. The quantitative estimate of drug-likeness (QED) is 0.487. The number of aliphatic imine (C=N–C) groups is 1. The summed E-state index contributed by atoms with van der Waals surface area (Å²) in [7, 11) is 0. The van der Waals surface area contributed by atoms with E-state index in [1.165, 1.54) is 12.0 Å². The van der Waals surface area contributed by atoms with Crippen molar-refractivity contribution in [1.82, 2.24) is 15.1 Å². The van der Waals surface area contributed by atoms with Gasteiger partial charge in [0.05, 0.1) is 13.2 Å². The van der Waals surface area contributed by atoms with Gasteiger partial charge in [-0.2, -0.15) is 0 Å². The molecule has 5 nitrogen and oxygen atoms in total. The Morgan fingerprint density at radius 3 is 2.76 bits per heavy atom. The van der Waals surface area contributed by atoms with Gasteiger partial charge in [-0.15, -0.1) is 0 Å². The van der Waals surface area contributed by atoms with Gasteiger partial charge in [-0.25, -0.2) is 0 Å². The van der Waals surface area contributed by atoms with Gasteiger partial charge in [-0.3, -0.25) is 9.89 Å². The van der Waals surface area contributed by atoms with Crippen molar-refractivity contribution < 1.29 is 4.74 Å². The molecule has 1 unspecified atom stereocenters. The molecule has 2 fully saturated rings. The third kappa shape index (κ3) is 5.44. The summed E-state index contributed by atoms with van der Waals surface area (Å²) in [6.45, 7) is 10.1. The van der Waals surface area contributed by atoms with Gasteiger partial charge in [-0.1, -0.05) is 30.3 Å². The van der Waals surface area contributed by atoms with Crippen LogP contribution in [-0.4, -0.2) is 74.3 Å². The minimum atomic E-state index is 0.650. The Bertz CT molecular complexity index is 528. The molecule has 0 aromatic heterocycles. The number of morpholine rings is 1. The Labute approximate surface area is 152 Å². The fourth-order valence-corrected chi connectivity index (χ4v) is 3.71. The summed E-state index contributed by atoms with van der Waals surface area (Å²) in [5.74, 6) is 1.09. The van der Waals surface area contributed by atoms with Crippen LogP contribution in [0.2, 0.25) is 0 Å². The number of nitrogens with one attached hydrogen (secondary N) is 1. The van der Waals surface area contributed by atoms with E-state index in [1.807, 2.05) is 0 Å². The van der Waals surface area contributed by atoms with Crippen LogP contribution in [0, 0.1) is 0 Å². The Balaban J connectivity index is 1.48. The van der Waals surface area contributed by atoms with Gasteiger partial charge in [0.25, 0.3) is 0 Å². The van der Waals surface area contributed by atoms with Crippen LogP contribution in [0.1, 0.15) is 25.3 Å². The van der Waals surface area contributed by atoms with Crippen molar-refractivity contribution in [3.8, 4) is 0 Å². The fraction of sp³-hybridized carbons (Fsp3) is 0.650. The van der Waals surface area contributed by atoms with Crippen molar-refractivity contribution in [3.05, 3.63) is 35.9 Å². The van der Waals surface area contributed by atoms with Crippen LogP contribution in [-0.2, 0) is 11.2 Å². The highest BCUT2D eigenvalue weighted by Gasteiger charge is 2.30. The molecule has 0 amide bonds. The zero-order valence-corrected chi connectivity index (χ0v) is 15.5. The van der Waals surface area contributed by atoms with Gasteiger partial charge in [0.2, 0.25) is 0 Å².